The fourth-order valence-corrected chi connectivity index (χ4v) is 2.23. The molecule has 1 rings (SSSR count). The highest BCUT2D eigenvalue weighted by Crippen LogP contribution is 2.21. The molecule has 0 saturated heterocycles. The lowest BCUT2D eigenvalue weighted by molar-refractivity contribution is -0.131. The molecule has 25 heavy (non-hydrogen) atoms. The Labute approximate surface area is 151 Å². The van der Waals surface area contributed by atoms with Crippen LogP contribution in [0.1, 0.15) is 57.4 Å². The van der Waals surface area contributed by atoms with Gasteiger partial charge in [-0.3, -0.25) is 0 Å². The van der Waals surface area contributed by atoms with Gasteiger partial charge in [0, 0.05) is 12.2 Å². The normalized spacial score (nSPS) is 9.48. The van der Waals surface area contributed by atoms with Gasteiger partial charge in [-0.25, -0.2) is 9.59 Å². The van der Waals surface area contributed by atoms with Crippen LogP contribution in [0.4, 0.5) is 0 Å². The summed E-state index contributed by atoms with van der Waals surface area (Å²) >= 11 is 0. The fourth-order valence-electron chi connectivity index (χ4n) is 2.23. The Morgan fingerprint density at radius 3 is 2.12 bits per heavy atom. The van der Waals surface area contributed by atoms with Crippen LogP contribution in [0.2, 0.25) is 0 Å². The van der Waals surface area contributed by atoms with Crippen LogP contribution in [-0.4, -0.2) is 17.0 Å². The maximum atomic E-state index is 11.3. The quantitative estimate of drug-likeness (QED) is 0.255. The first-order valence-corrected chi connectivity index (χ1v) is 8.82. The summed E-state index contributed by atoms with van der Waals surface area (Å²) in [6.07, 6.45) is 12.0. The molecule has 0 aromatic heterocycles. The van der Waals surface area contributed by atoms with E-state index in [1.165, 1.54) is 44.6 Å². The van der Waals surface area contributed by atoms with Crippen molar-refractivity contribution in [3.63, 3.8) is 0 Å². The smallest absolute Gasteiger partial charge is 0.335 e. The van der Waals surface area contributed by atoms with Crippen LogP contribution in [0.25, 0.3) is 0 Å². The van der Waals surface area contributed by atoms with Crippen molar-refractivity contribution in [2.45, 2.75) is 58.3 Å². The molecule has 0 heterocycles. The lowest BCUT2D eigenvalue weighted by Crippen LogP contribution is -2.05. The Balaban J connectivity index is 0.00000101. The van der Waals surface area contributed by atoms with Crippen molar-refractivity contribution < 1.29 is 19.4 Å². The largest absolute Gasteiger partial charge is 0.478 e. The van der Waals surface area contributed by atoms with Gasteiger partial charge in [0.05, 0.1) is 0 Å². The second kappa shape index (κ2) is 15.2. The molecule has 0 saturated carbocycles. The topological polar surface area (TPSA) is 63.6 Å². The van der Waals surface area contributed by atoms with Gasteiger partial charge in [0.2, 0.25) is 0 Å². The van der Waals surface area contributed by atoms with E-state index in [9.17, 15) is 9.59 Å². The second-order valence-electron chi connectivity index (χ2n) is 5.65. The number of ether oxygens (including phenoxy) is 1. The molecule has 0 atom stereocenters. The summed E-state index contributed by atoms with van der Waals surface area (Å²) in [4.78, 5) is 20.5. The third-order valence-corrected chi connectivity index (χ3v) is 3.57. The van der Waals surface area contributed by atoms with Crippen molar-refractivity contribution in [1.29, 1.82) is 0 Å². The van der Waals surface area contributed by atoms with Crippen molar-refractivity contribution in [2.24, 2.45) is 0 Å². The molecule has 4 heteroatoms. The van der Waals surface area contributed by atoms with Crippen molar-refractivity contribution in [3.8, 4) is 5.75 Å². The van der Waals surface area contributed by atoms with Crippen LogP contribution in [0, 0.1) is 0 Å². The highest BCUT2D eigenvalue weighted by atomic mass is 16.5. The van der Waals surface area contributed by atoms with E-state index in [4.69, 9.17) is 9.84 Å². The average molecular weight is 346 g/mol. The Morgan fingerprint density at radius 1 is 1.00 bits per heavy atom. The first-order chi connectivity index (χ1) is 12.0. The molecule has 0 amide bonds. The number of hydrogen-bond acceptors (Lipinski definition) is 3. The zero-order chi connectivity index (χ0) is 18.9. The van der Waals surface area contributed by atoms with Gasteiger partial charge in [0.25, 0.3) is 0 Å². The van der Waals surface area contributed by atoms with Gasteiger partial charge in [-0.2, -0.15) is 0 Å². The molecule has 0 spiro atoms. The number of unbranched alkanes of at least 4 members (excludes halogenated alkanes) is 6. The van der Waals surface area contributed by atoms with Gasteiger partial charge in [0.15, 0.2) is 0 Å². The van der Waals surface area contributed by atoms with E-state index < -0.39 is 11.9 Å². The number of rotatable bonds is 11. The Morgan fingerprint density at radius 2 is 1.56 bits per heavy atom. The highest BCUT2D eigenvalue weighted by Gasteiger charge is 2.05. The van der Waals surface area contributed by atoms with E-state index in [1.807, 2.05) is 24.3 Å². The van der Waals surface area contributed by atoms with Crippen LogP contribution in [0.15, 0.2) is 49.6 Å². The summed E-state index contributed by atoms with van der Waals surface area (Å²) in [5.41, 5.74) is 1.11. The minimum atomic E-state index is -0.981. The molecule has 4 nitrogen and oxygen atoms in total. The Bertz CT molecular complexity index is 534. The maximum Gasteiger partial charge on any atom is 0.335 e. The van der Waals surface area contributed by atoms with Gasteiger partial charge < -0.3 is 9.84 Å². The zero-order valence-corrected chi connectivity index (χ0v) is 15.2. The van der Waals surface area contributed by atoms with Crippen LogP contribution in [0.5, 0.6) is 5.75 Å². The monoisotopic (exact) mass is 346 g/mol. The first kappa shape index (κ1) is 22.6. The SMILES string of the molecule is C=CC(=O)O.C=CC(=O)Oc1ccccc1CCCCCCCCC. The molecular formula is C21H30O4. The third kappa shape index (κ3) is 12.7. The molecule has 138 valence electrons. The average Bonchev–Trinajstić information content (AvgIpc) is 2.62. The molecule has 0 bridgehead atoms. The predicted octanol–water partition coefficient (Wildman–Crippen LogP) is 5.33. The number of esters is 1. The maximum absolute atomic E-state index is 11.3. The number of hydrogen-bond donors (Lipinski definition) is 1. The summed E-state index contributed by atoms with van der Waals surface area (Å²) in [5.74, 6) is -0.703. The minimum absolute atomic E-state index is 0.392. The van der Waals surface area contributed by atoms with Crippen LogP contribution < -0.4 is 4.74 Å². The van der Waals surface area contributed by atoms with Gasteiger partial charge >= 0.3 is 11.9 Å². The number of aliphatic carboxylic acids is 1. The number of carbonyl (C=O) groups excluding carboxylic acids is 1. The molecule has 1 aromatic carbocycles. The van der Waals surface area contributed by atoms with E-state index in [0.29, 0.717) is 5.75 Å². The molecule has 0 aliphatic rings. The highest BCUT2D eigenvalue weighted by molar-refractivity contribution is 5.83. The summed E-state index contributed by atoms with van der Waals surface area (Å²) in [6, 6.07) is 7.75. The van der Waals surface area contributed by atoms with Crippen molar-refractivity contribution in [3.05, 3.63) is 55.1 Å². The fraction of sp³-hybridized carbons (Fsp3) is 0.429. The van der Waals surface area contributed by atoms with Gasteiger partial charge in [-0.15, -0.1) is 0 Å². The summed E-state index contributed by atoms with van der Waals surface area (Å²) in [5, 5.41) is 7.60. The van der Waals surface area contributed by atoms with Crippen LogP contribution in [0.3, 0.4) is 0 Å². The number of para-hydroxylation sites is 1. The van der Waals surface area contributed by atoms with E-state index in [1.54, 1.807) is 0 Å². The van der Waals surface area contributed by atoms with Crippen molar-refractivity contribution in [1.82, 2.24) is 0 Å². The molecule has 1 N–H and O–H groups in total. The number of benzene rings is 1. The molecule has 0 aliphatic carbocycles. The minimum Gasteiger partial charge on any atom is -0.478 e. The predicted molar refractivity (Wildman–Crippen MR) is 102 cm³/mol. The van der Waals surface area contributed by atoms with Gasteiger partial charge in [-0.1, -0.05) is 76.8 Å². The van der Waals surface area contributed by atoms with E-state index in [-0.39, 0.29) is 0 Å². The lowest BCUT2D eigenvalue weighted by Gasteiger charge is -2.08. The van der Waals surface area contributed by atoms with Gasteiger partial charge in [0.1, 0.15) is 5.75 Å². The van der Waals surface area contributed by atoms with E-state index >= 15 is 0 Å². The van der Waals surface area contributed by atoms with Crippen molar-refractivity contribution in [2.75, 3.05) is 0 Å². The Kier molecular flexibility index (Phi) is 13.8. The molecular weight excluding hydrogens is 316 g/mol. The number of aryl methyl sites for hydroxylation is 1. The van der Waals surface area contributed by atoms with Crippen molar-refractivity contribution >= 4 is 11.9 Å². The lowest BCUT2D eigenvalue weighted by atomic mass is 10.0. The zero-order valence-electron chi connectivity index (χ0n) is 15.2. The van der Waals surface area contributed by atoms with Crippen LogP contribution in [-0.2, 0) is 16.0 Å². The van der Waals surface area contributed by atoms with Gasteiger partial charge in [-0.05, 0) is 24.5 Å². The number of carbonyl (C=O) groups is 2. The standard InChI is InChI=1S/C18H26O2.C3H4O2/c1-3-5-6-7-8-9-10-13-16-14-11-12-15-17(16)20-18(19)4-2;1-2-3(4)5/h4,11-12,14-15H,2-3,5-10,13H2,1H3;2H,1H2,(H,4,5). The number of carboxylic acids is 1. The molecule has 0 aliphatic heterocycles. The molecule has 1 aromatic rings. The van der Waals surface area contributed by atoms with E-state index in [2.05, 4.69) is 20.1 Å². The Hall–Kier alpha value is -2.36. The van der Waals surface area contributed by atoms with Crippen LogP contribution >= 0.6 is 0 Å². The summed E-state index contributed by atoms with van der Waals surface area (Å²) < 4.78 is 5.25. The summed E-state index contributed by atoms with van der Waals surface area (Å²) in [7, 11) is 0. The molecule has 0 unspecified atom stereocenters. The first-order valence-electron chi connectivity index (χ1n) is 8.82. The number of carboxylic acid groups (broad SMARTS) is 1. The summed E-state index contributed by atoms with van der Waals surface area (Å²) in [6.45, 7) is 8.62. The molecule has 0 fully saturated rings. The molecule has 0 radical (unpaired) electrons. The third-order valence-electron chi connectivity index (χ3n) is 3.57. The second-order valence-corrected chi connectivity index (χ2v) is 5.65. The van der Waals surface area contributed by atoms with E-state index in [0.717, 1.165) is 24.5 Å².